The molecule has 0 aliphatic heterocycles. The number of likely N-dealkylation sites (N-methyl/N-ethyl adjacent to an activating group) is 1. The van der Waals surface area contributed by atoms with E-state index in [0.717, 1.165) is 32.1 Å². The van der Waals surface area contributed by atoms with Crippen molar-refractivity contribution in [1.82, 2.24) is 15.5 Å². The molecule has 1 aromatic heterocycles. The number of nitrogens with zero attached hydrogens (tertiary/aromatic N) is 2. The highest BCUT2D eigenvalue weighted by atomic mass is 127. The van der Waals surface area contributed by atoms with Crippen molar-refractivity contribution < 1.29 is 0 Å². The first-order valence-electron chi connectivity index (χ1n) is 6.90. The van der Waals surface area contributed by atoms with Gasteiger partial charge in [-0.3, -0.25) is 9.89 Å². The van der Waals surface area contributed by atoms with Gasteiger partial charge in [0.15, 0.2) is 5.96 Å². The van der Waals surface area contributed by atoms with Crippen LogP contribution in [0.25, 0.3) is 0 Å². The van der Waals surface area contributed by atoms with Crippen molar-refractivity contribution >= 4 is 41.3 Å². The monoisotopic (exact) mass is 410 g/mol. The van der Waals surface area contributed by atoms with Gasteiger partial charge in [-0.25, -0.2) is 0 Å². The highest BCUT2D eigenvalue weighted by Crippen LogP contribution is 2.04. The molecule has 0 aromatic carbocycles. The molecule has 2 N–H and O–H groups in total. The summed E-state index contributed by atoms with van der Waals surface area (Å²) in [5.74, 6) is 0.866. The maximum absolute atomic E-state index is 4.25. The van der Waals surface area contributed by atoms with E-state index < -0.39 is 0 Å². The van der Waals surface area contributed by atoms with Gasteiger partial charge in [-0.15, -0.1) is 24.0 Å². The van der Waals surface area contributed by atoms with E-state index in [2.05, 4.69) is 58.1 Å². The van der Waals surface area contributed by atoms with Crippen molar-refractivity contribution in [2.75, 3.05) is 26.7 Å². The van der Waals surface area contributed by atoms with Crippen molar-refractivity contribution in [3.05, 3.63) is 22.4 Å². The van der Waals surface area contributed by atoms with E-state index in [-0.39, 0.29) is 24.0 Å². The van der Waals surface area contributed by atoms with E-state index in [1.54, 1.807) is 11.3 Å². The topological polar surface area (TPSA) is 39.7 Å². The van der Waals surface area contributed by atoms with E-state index in [0.29, 0.717) is 6.04 Å². The first-order valence-corrected chi connectivity index (χ1v) is 7.85. The van der Waals surface area contributed by atoms with Gasteiger partial charge >= 0.3 is 0 Å². The molecule has 0 saturated heterocycles. The summed E-state index contributed by atoms with van der Waals surface area (Å²) >= 11 is 1.72. The van der Waals surface area contributed by atoms with E-state index in [9.17, 15) is 0 Å². The smallest absolute Gasteiger partial charge is 0.191 e. The Kier molecular flexibility index (Phi) is 11.1. The molecular weight excluding hydrogens is 383 g/mol. The lowest BCUT2D eigenvalue weighted by Gasteiger charge is -2.27. The van der Waals surface area contributed by atoms with Crippen LogP contribution in [0.15, 0.2) is 21.8 Å². The second kappa shape index (κ2) is 11.3. The summed E-state index contributed by atoms with van der Waals surface area (Å²) in [6.45, 7) is 10.5. The van der Waals surface area contributed by atoms with Gasteiger partial charge in [0.1, 0.15) is 0 Å². The van der Waals surface area contributed by atoms with Crippen molar-refractivity contribution in [3.63, 3.8) is 0 Å². The SMILES string of the molecule is CCN(CC)C(C)CNC(=NC)NCc1ccsc1.I. The summed E-state index contributed by atoms with van der Waals surface area (Å²) in [5.41, 5.74) is 1.30. The number of nitrogens with one attached hydrogen (secondary N) is 2. The maximum Gasteiger partial charge on any atom is 0.191 e. The van der Waals surface area contributed by atoms with Gasteiger partial charge in [0.05, 0.1) is 0 Å². The van der Waals surface area contributed by atoms with Crippen LogP contribution in [0.3, 0.4) is 0 Å². The summed E-state index contributed by atoms with van der Waals surface area (Å²) in [7, 11) is 1.81. The molecule has 0 radical (unpaired) electrons. The summed E-state index contributed by atoms with van der Waals surface area (Å²) in [6.07, 6.45) is 0. The average Bonchev–Trinajstić information content (AvgIpc) is 2.93. The molecule has 116 valence electrons. The molecule has 0 spiro atoms. The van der Waals surface area contributed by atoms with Crippen molar-refractivity contribution in [1.29, 1.82) is 0 Å². The second-order valence-electron chi connectivity index (χ2n) is 4.51. The van der Waals surface area contributed by atoms with Crippen LogP contribution in [-0.2, 0) is 6.54 Å². The molecule has 0 amide bonds. The Balaban J connectivity index is 0.00000361. The average molecular weight is 410 g/mol. The molecule has 0 bridgehead atoms. The Hall–Kier alpha value is -0.340. The quantitative estimate of drug-likeness (QED) is 0.413. The number of hydrogen-bond acceptors (Lipinski definition) is 3. The fourth-order valence-corrected chi connectivity index (χ4v) is 2.69. The van der Waals surface area contributed by atoms with Crippen LogP contribution in [0.5, 0.6) is 0 Å². The summed E-state index contributed by atoms with van der Waals surface area (Å²) in [4.78, 5) is 6.68. The highest BCUT2D eigenvalue weighted by Gasteiger charge is 2.10. The normalized spacial score (nSPS) is 12.9. The number of thiophene rings is 1. The van der Waals surface area contributed by atoms with Crippen molar-refractivity contribution in [2.24, 2.45) is 4.99 Å². The molecule has 0 aliphatic rings. The molecular formula is C14H27IN4S. The second-order valence-corrected chi connectivity index (χ2v) is 5.29. The van der Waals surface area contributed by atoms with E-state index >= 15 is 0 Å². The molecule has 1 aromatic rings. The number of guanidine groups is 1. The van der Waals surface area contributed by atoms with E-state index in [4.69, 9.17) is 0 Å². The third kappa shape index (κ3) is 6.90. The van der Waals surface area contributed by atoms with Gasteiger partial charge in [-0.1, -0.05) is 13.8 Å². The standard InChI is InChI=1S/C14H26N4S.HI/c1-5-18(6-2)12(3)9-16-14(15-4)17-10-13-7-8-19-11-13;/h7-8,11-12H,5-6,9-10H2,1-4H3,(H2,15,16,17);1H. The van der Waals surface area contributed by atoms with E-state index in [1.165, 1.54) is 5.56 Å². The van der Waals surface area contributed by atoms with Crippen molar-refractivity contribution in [2.45, 2.75) is 33.4 Å². The zero-order valence-electron chi connectivity index (χ0n) is 12.8. The van der Waals surface area contributed by atoms with Crippen LogP contribution in [-0.4, -0.2) is 43.6 Å². The zero-order valence-corrected chi connectivity index (χ0v) is 16.0. The first kappa shape index (κ1) is 19.7. The van der Waals surface area contributed by atoms with Crippen LogP contribution in [0.1, 0.15) is 26.3 Å². The molecule has 0 aliphatic carbocycles. The minimum Gasteiger partial charge on any atom is -0.355 e. The predicted octanol–water partition coefficient (Wildman–Crippen LogP) is 2.76. The molecule has 4 nitrogen and oxygen atoms in total. The van der Waals surface area contributed by atoms with Crippen LogP contribution < -0.4 is 10.6 Å². The van der Waals surface area contributed by atoms with Crippen LogP contribution in [0, 0.1) is 0 Å². The Bertz CT molecular complexity index is 363. The third-order valence-electron chi connectivity index (χ3n) is 3.26. The molecule has 1 rings (SSSR count). The molecule has 6 heteroatoms. The number of aliphatic imine (C=N–C) groups is 1. The van der Waals surface area contributed by atoms with Gasteiger partial charge < -0.3 is 10.6 Å². The summed E-state index contributed by atoms with van der Waals surface area (Å²) in [5, 5.41) is 11.0. The molecule has 1 unspecified atom stereocenters. The van der Waals surface area contributed by atoms with Crippen LogP contribution >= 0.6 is 35.3 Å². The van der Waals surface area contributed by atoms with Gasteiger partial charge in [-0.05, 0) is 42.4 Å². The van der Waals surface area contributed by atoms with Gasteiger partial charge in [0.25, 0.3) is 0 Å². The first-order chi connectivity index (χ1) is 9.21. The van der Waals surface area contributed by atoms with Gasteiger partial charge in [-0.2, -0.15) is 11.3 Å². The maximum atomic E-state index is 4.25. The number of halogens is 1. The molecule has 20 heavy (non-hydrogen) atoms. The molecule has 1 heterocycles. The predicted molar refractivity (Wildman–Crippen MR) is 100 cm³/mol. The molecule has 0 saturated carbocycles. The lowest BCUT2D eigenvalue weighted by molar-refractivity contribution is 0.231. The van der Waals surface area contributed by atoms with Gasteiger partial charge in [0.2, 0.25) is 0 Å². The van der Waals surface area contributed by atoms with Gasteiger partial charge in [0, 0.05) is 26.2 Å². The minimum absolute atomic E-state index is 0. The summed E-state index contributed by atoms with van der Waals surface area (Å²) in [6, 6.07) is 2.64. The Morgan fingerprint density at radius 3 is 2.55 bits per heavy atom. The third-order valence-corrected chi connectivity index (χ3v) is 4.00. The number of hydrogen-bond donors (Lipinski definition) is 2. The lowest BCUT2D eigenvalue weighted by atomic mass is 10.3. The molecule has 1 atom stereocenters. The minimum atomic E-state index is 0. The highest BCUT2D eigenvalue weighted by molar-refractivity contribution is 14.0. The van der Waals surface area contributed by atoms with Crippen molar-refractivity contribution in [3.8, 4) is 0 Å². The Morgan fingerprint density at radius 2 is 2.05 bits per heavy atom. The Morgan fingerprint density at radius 1 is 1.35 bits per heavy atom. The fourth-order valence-electron chi connectivity index (χ4n) is 2.02. The summed E-state index contributed by atoms with van der Waals surface area (Å²) < 4.78 is 0. The lowest BCUT2D eigenvalue weighted by Crippen LogP contribution is -2.45. The molecule has 0 fully saturated rings. The fraction of sp³-hybridized carbons (Fsp3) is 0.643. The zero-order chi connectivity index (χ0) is 14.1. The van der Waals surface area contributed by atoms with Crippen LogP contribution in [0.2, 0.25) is 0 Å². The number of rotatable bonds is 7. The van der Waals surface area contributed by atoms with E-state index in [1.807, 2.05) is 7.05 Å². The Labute approximate surface area is 144 Å². The van der Waals surface area contributed by atoms with Crippen LogP contribution in [0.4, 0.5) is 0 Å². The largest absolute Gasteiger partial charge is 0.355 e.